The van der Waals surface area contributed by atoms with Gasteiger partial charge in [0.25, 0.3) is 0 Å². The molecule has 138 valence electrons. The highest BCUT2D eigenvalue weighted by Crippen LogP contribution is 2.41. The van der Waals surface area contributed by atoms with Crippen molar-refractivity contribution in [1.29, 1.82) is 0 Å². The van der Waals surface area contributed by atoms with E-state index >= 15 is 0 Å². The van der Waals surface area contributed by atoms with Gasteiger partial charge in [0.1, 0.15) is 0 Å². The average molecular weight is 411 g/mol. The summed E-state index contributed by atoms with van der Waals surface area (Å²) in [6.07, 6.45) is 4.21. The van der Waals surface area contributed by atoms with E-state index in [0.29, 0.717) is 13.1 Å². The minimum Gasteiger partial charge on any atom is -0.465 e. The Hall–Kier alpha value is -1.11. The first kappa shape index (κ1) is 18.7. The van der Waals surface area contributed by atoms with Crippen LogP contribution in [0.15, 0.2) is 28.7 Å². The summed E-state index contributed by atoms with van der Waals surface area (Å²) >= 11 is 3.55. The van der Waals surface area contributed by atoms with Crippen molar-refractivity contribution in [2.24, 2.45) is 0 Å². The Bertz CT molecular complexity index is 596. The Morgan fingerprint density at radius 2 is 1.84 bits per heavy atom. The van der Waals surface area contributed by atoms with E-state index in [9.17, 15) is 9.90 Å². The molecule has 1 aromatic rings. The first-order valence-corrected chi connectivity index (χ1v) is 9.95. The number of aliphatic hydroxyl groups is 1. The second-order valence-corrected chi connectivity index (χ2v) is 8.26. The summed E-state index contributed by atoms with van der Waals surface area (Å²) in [5.74, 6) is 0.0571. The molecule has 1 aliphatic carbocycles. The van der Waals surface area contributed by atoms with E-state index in [0.717, 1.165) is 49.8 Å². The van der Waals surface area contributed by atoms with E-state index in [-0.39, 0.29) is 5.92 Å². The van der Waals surface area contributed by atoms with Gasteiger partial charge in [-0.25, -0.2) is 4.79 Å². The lowest BCUT2D eigenvalue weighted by molar-refractivity contribution is -0.0338. The van der Waals surface area contributed by atoms with Gasteiger partial charge < -0.3 is 15.1 Å². The molecule has 2 fully saturated rings. The zero-order valence-corrected chi connectivity index (χ0v) is 16.1. The number of amides is 1. The smallest absolute Gasteiger partial charge is 0.407 e. The van der Waals surface area contributed by atoms with Crippen LogP contribution in [-0.2, 0) is 0 Å². The molecule has 0 radical (unpaired) electrons. The van der Waals surface area contributed by atoms with E-state index in [1.165, 1.54) is 16.9 Å². The molecule has 6 heteroatoms. The van der Waals surface area contributed by atoms with Gasteiger partial charge in [0.15, 0.2) is 0 Å². The van der Waals surface area contributed by atoms with E-state index < -0.39 is 11.7 Å². The molecule has 25 heavy (non-hydrogen) atoms. The molecule has 3 rings (SSSR count). The highest BCUT2D eigenvalue weighted by molar-refractivity contribution is 9.10. The number of nitrogens with zero attached hydrogens (tertiary/aromatic N) is 2. The van der Waals surface area contributed by atoms with Gasteiger partial charge in [-0.05, 0) is 30.5 Å². The lowest BCUT2D eigenvalue weighted by atomic mass is 9.72. The number of hydrogen-bond donors (Lipinski definition) is 2. The van der Waals surface area contributed by atoms with Crippen molar-refractivity contribution in [1.82, 2.24) is 9.80 Å². The van der Waals surface area contributed by atoms with Gasteiger partial charge in [0.2, 0.25) is 0 Å². The maximum absolute atomic E-state index is 11.4. The van der Waals surface area contributed by atoms with Crippen molar-refractivity contribution < 1.29 is 15.0 Å². The predicted molar refractivity (Wildman–Crippen MR) is 101 cm³/mol. The third-order valence-corrected chi connectivity index (χ3v) is 6.20. The van der Waals surface area contributed by atoms with Gasteiger partial charge in [-0.15, -0.1) is 0 Å². The van der Waals surface area contributed by atoms with Crippen LogP contribution in [0.2, 0.25) is 0 Å². The number of hydrogen-bond acceptors (Lipinski definition) is 3. The van der Waals surface area contributed by atoms with Crippen LogP contribution in [-0.4, -0.2) is 64.4 Å². The SMILES string of the molecule is O=C(O)N1CCN(CC(c2cccc(Br)c2)C2(O)CCCCC2)CC1. The Morgan fingerprint density at radius 1 is 1.16 bits per heavy atom. The summed E-state index contributed by atoms with van der Waals surface area (Å²) in [5, 5.41) is 20.5. The molecule has 1 heterocycles. The maximum Gasteiger partial charge on any atom is 0.407 e. The summed E-state index contributed by atoms with van der Waals surface area (Å²) in [6, 6.07) is 8.26. The molecule has 1 aromatic carbocycles. The zero-order chi connectivity index (χ0) is 17.9. The van der Waals surface area contributed by atoms with Crippen LogP contribution in [0.4, 0.5) is 4.79 Å². The van der Waals surface area contributed by atoms with Crippen LogP contribution in [0.25, 0.3) is 0 Å². The number of carboxylic acid groups (broad SMARTS) is 1. The second-order valence-electron chi connectivity index (χ2n) is 7.34. The monoisotopic (exact) mass is 410 g/mol. The summed E-state index contributed by atoms with van der Waals surface area (Å²) in [5.41, 5.74) is 0.502. The Kier molecular flexibility index (Phi) is 6.02. The molecule has 1 saturated carbocycles. The topological polar surface area (TPSA) is 64.0 Å². The normalized spacial score (nSPS) is 22.6. The van der Waals surface area contributed by atoms with Crippen molar-refractivity contribution in [3.05, 3.63) is 34.3 Å². The molecule has 2 aliphatic rings. The fourth-order valence-corrected chi connectivity index (χ4v) is 4.62. The number of piperazine rings is 1. The Morgan fingerprint density at radius 3 is 2.44 bits per heavy atom. The van der Waals surface area contributed by atoms with Gasteiger partial charge >= 0.3 is 6.09 Å². The summed E-state index contributed by atoms with van der Waals surface area (Å²) in [6.45, 7) is 3.32. The molecule has 1 amide bonds. The van der Waals surface area contributed by atoms with Crippen LogP contribution >= 0.6 is 15.9 Å². The first-order valence-electron chi connectivity index (χ1n) is 9.16. The summed E-state index contributed by atoms with van der Waals surface area (Å²) < 4.78 is 1.03. The molecule has 1 unspecified atom stereocenters. The van der Waals surface area contributed by atoms with E-state index in [4.69, 9.17) is 5.11 Å². The highest BCUT2D eigenvalue weighted by Gasteiger charge is 2.40. The molecule has 1 atom stereocenters. The molecule has 1 saturated heterocycles. The van der Waals surface area contributed by atoms with E-state index in [1.54, 1.807) is 0 Å². The van der Waals surface area contributed by atoms with Gasteiger partial charge in [0, 0.05) is 43.1 Å². The lowest BCUT2D eigenvalue weighted by Gasteiger charge is -2.43. The fourth-order valence-electron chi connectivity index (χ4n) is 4.20. The van der Waals surface area contributed by atoms with Gasteiger partial charge in [-0.1, -0.05) is 47.3 Å². The third kappa shape index (κ3) is 4.54. The largest absolute Gasteiger partial charge is 0.465 e. The van der Waals surface area contributed by atoms with Crippen molar-refractivity contribution in [3.8, 4) is 0 Å². The van der Waals surface area contributed by atoms with Gasteiger partial charge in [-0.2, -0.15) is 0 Å². The second kappa shape index (κ2) is 8.06. The molecular weight excluding hydrogens is 384 g/mol. The van der Waals surface area contributed by atoms with Crippen molar-refractivity contribution in [2.45, 2.75) is 43.6 Å². The summed E-state index contributed by atoms with van der Waals surface area (Å²) in [7, 11) is 0. The average Bonchev–Trinajstić information content (AvgIpc) is 2.60. The number of halogens is 1. The van der Waals surface area contributed by atoms with Gasteiger partial charge in [-0.3, -0.25) is 4.90 Å². The fraction of sp³-hybridized carbons (Fsp3) is 0.632. The molecule has 1 aliphatic heterocycles. The number of benzene rings is 1. The minimum absolute atomic E-state index is 0.0571. The summed E-state index contributed by atoms with van der Waals surface area (Å²) in [4.78, 5) is 14.9. The van der Waals surface area contributed by atoms with Crippen molar-refractivity contribution in [3.63, 3.8) is 0 Å². The third-order valence-electron chi connectivity index (χ3n) is 5.70. The van der Waals surface area contributed by atoms with Crippen LogP contribution in [0.1, 0.15) is 43.6 Å². The van der Waals surface area contributed by atoms with Crippen LogP contribution < -0.4 is 0 Å². The lowest BCUT2D eigenvalue weighted by Crippen LogP contribution is -2.51. The Balaban J connectivity index is 1.76. The standard InChI is InChI=1S/C19H27BrN2O3/c20-16-6-4-5-15(13-16)17(19(25)7-2-1-3-8-19)14-21-9-11-22(12-10-21)18(23)24/h4-6,13,17,25H,1-3,7-12,14H2,(H,23,24). The Labute approximate surface area is 157 Å². The van der Waals surface area contributed by atoms with Crippen molar-refractivity contribution >= 4 is 22.0 Å². The molecular formula is C19H27BrN2O3. The zero-order valence-electron chi connectivity index (χ0n) is 14.5. The van der Waals surface area contributed by atoms with Crippen LogP contribution in [0, 0.1) is 0 Å². The predicted octanol–water partition coefficient (Wildman–Crippen LogP) is 3.52. The molecule has 5 nitrogen and oxygen atoms in total. The van der Waals surface area contributed by atoms with E-state index in [1.807, 2.05) is 12.1 Å². The molecule has 0 aromatic heterocycles. The molecule has 0 bridgehead atoms. The number of rotatable bonds is 4. The number of carbonyl (C=O) groups is 1. The highest BCUT2D eigenvalue weighted by atomic mass is 79.9. The van der Waals surface area contributed by atoms with Gasteiger partial charge in [0.05, 0.1) is 5.60 Å². The maximum atomic E-state index is 11.4. The van der Waals surface area contributed by atoms with Crippen LogP contribution in [0.3, 0.4) is 0 Å². The van der Waals surface area contributed by atoms with E-state index in [2.05, 4.69) is 33.0 Å². The molecule has 2 N–H and O–H groups in total. The first-order chi connectivity index (χ1) is 12.0. The van der Waals surface area contributed by atoms with Crippen molar-refractivity contribution in [2.75, 3.05) is 32.7 Å². The molecule has 0 spiro atoms. The minimum atomic E-state index is -0.839. The quantitative estimate of drug-likeness (QED) is 0.796. The van der Waals surface area contributed by atoms with Crippen LogP contribution in [0.5, 0.6) is 0 Å².